The number of rotatable bonds is 6. The van der Waals surface area contributed by atoms with Crippen molar-refractivity contribution < 1.29 is 4.42 Å². The lowest BCUT2D eigenvalue weighted by atomic mass is 9.96. The summed E-state index contributed by atoms with van der Waals surface area (Å²) in [5, 5.41) is 4.49. The third-order valence-electron chi connectivity index (χ3n) is 10.5. The number of hydrogen-bond donors (Lipinski definition) is 0. The molecule has 11 rings (SSSR count). The van der Waals surface area contributed by atoms with Crippen LogP contribution in [0.4, 0.5) is 0 Å². The van der Waals surface area contributed by atoms with Crippen molar-refractivity contribution in [1.29, 1.82) is 0 Å². The van der Waals surface area contributed by atoms with Gasteiger partial charge in [-0.05, 0) is 69.8 Å². The summed E-state index contributed by atoms with van der Waals surface area (Å²) in [4.78, 5) is 15.5. The summed E-state index contributed by atoms with van der Waals surface area (Å²) in [6, 6.07) is 65.7. The number of fused-ring (bicyclic) bond motifs is 6. The number of nitrogens with zero attached hydrogens (tertiary/aromatic N) is 3. The maximum atomic E-state index is 6.59. The molecule has 0 aliphatic heterocycles. The van der Waals surface area contributed by atoms with Crippen molar-refractivity contribution in [1.82, 2.24) is 15.0 Å². The Balaban J connectivity index is 1.10. The Morgan fingerprint density at radius 1 is 0.321 bits per heavy atom. The van der Waals surface area contributed by atoms with Gasteiger partial charge >= 0.3 is 0 Å². The van der Waals surface area contributed by atoms with E-state index in [1.807, 2.05) is 59.9 Å². The molecule has 0 aliphatic rings. The van der Waals surface area contributed by atoms with E-state index >= 15 is 0 Å². The molecule has 11 aromatic rings. The van der Waals surface area contributed by atoms with Crippen molar-refractivity contribution in [2.75, 3.05) is 0 Å². The normalized spacial score (nSPS) is 11.6. The lowest BCUT2D eigenvalue weighted by Crippen LogP contribution is -2.00. The predicted molar refractivity (Wildman–Crippen MR) is 233 cm³/mol. The molecule has 0 bridgehead atoms. The molecule has 0 aliphatic carbocycles. The Morgan fingerprint density at radius 2 is 0.857 bits per heavy atom. The zero-order chi connectivity index (χ0) is 37.0. The molecular weight excluding hydrogens is 703 g/mol. The van der Waals surface area contributed by atoms with Crippen molar-refractivity contribution in [3.63, 3.8) is 0 Å². The number of para-hydroxylation sites is 1. The van der Waals surface area contributed by atoms with E-state index in [0.717, 1.165) is 60.9 Å². The Labute approximate surface area is 327 Å². The minimum absolute atomic E-state index is 0.592. The van der Waals surface area contributed by atoms with E-state index in [0.29, 0.717) is 17.5 Å². The summed E-state index contributed by atoms with van der Waals surface area (Å²) in [7, 11) is 0. The van der Waals surface area contributed by atoms with Gasteiger partial charge in [-0.25, -0.2) is 15.0 Å². The van der Waals surface area contributed by atoms with Crippen molar-refractivity contribution in [3.05, 3.63) is 188 Å². The summed E-state index contributed by atoms with van der Waals surface area (Å²) in [5.41, 5.74) is 11.2. The first-order valence-corrected chi connectivity index (χ1v) is 19.5. The largest absolute Gasteiger partial charge is 0.456 e. The molecule has 3 aromatic heterocycles. The van der Waals surface area contributed by atoms with Gasteiger partial charge < -0.3 is 4.42 Å². The zero-order valence-electron chi connectivity index (χ0n) is 30.1. The third-order valence-corrected chi connectivity index (χ3v) is 11.7. The van der Waals surface area contributed by atoms with E-state index in [1.165, 1.54) is 31.3 Å². The van der Waals surface area contributed by atoms with E-state index in [4.69, 9.17) is 19.4 Å². The minimum Gasteiger partial charge on any atom is -0.456 e. The van der Waals surface area contributed by atoms with Crippen molar-refractivity contribution in [2.24, 2.45) is 0 Å². The van der Waals surface area contributed by atoms with Crippen LogP contribution in [0.1, 0.15) is 0 Å². The van der Waals surface area contributed by atoms with Crippen LogP contribution in [0.5, 0.6) is 0 Å². The Hall–Kier alpha value is -7.21. The maximum Gasteiger partial charge on any atom is 0.164 e. The molecule has 0 N–H and O–H groups in total. The first kappa shape index (κ1) is 32.2. The van der Waals surface area contributed by atoms with Crippen LogP contribution >= 0.6 is 11.3 Å². The molecule has 262 valence electrons. The standard InChI is InChI=1S/C51H31N3OS/c1-4-12-32(13-5-1)34-20-22-36(23-21-34)50-52-49(35-16-8-3-9-17-35)53-51(54-50)43-29-39(30-45-48(43)41-18-10-11-19-44(41)55-45)37-25-27-46-42(28-37)40-26-24-38(31-47(40)56-46)33-14-6-2-7-15-33/h1-31H. The summed E-state index contributed by atoms with van der Waals surface area (Å²) in [6.45, 7) is 0. The van der Waals surface area contributed by atoms with Crippen LogP contribution < -0.4 is 0 Å². The van der Waals surface area contributed by atoms with E-state index in [-0.39, 0.29) is 0 Å². The second-order valence-electron chi connectivity index (χ2n) is 14.0. The van der Waals surface area contributed by atoms with Crippen LogP contribution in [-0.4, -0.2) is 15.0 Å². The van der Waals surface area contributed by atoms with Gasteiger partial charge in [0.2, 0.25) is 0 Å². The van der Waals surface area contributed by atoms with Crippen LogP contribution in [0.25, 0.3) is 110 Å². The summed E-state index contributed by atoms with van der Waals surface area (Å²) >= 11 is 1.83. The predicted octanol–water partition coefficient (Wildman–Crippen LogP) is 14.1. The Kier molecular flexibility index (Phi) is 7.64. The smallest absolute Gasteiger partial charge is 0.164 e. The van der Waals surface area contributed by atoms with E-state index in [9.17, 15) is 0 Å². The molecular formula is C51H31N3OS. The molecule has 0 saturated carbocycles. The van der Waals surface area contributed by atoms with Crippen molar-refractivity contribution in [2.45, 2.75) is 0 Å². The van der Waals surface area contributed by atoms with Gasteiger partial charge in [0.25, 0.3) is 0 Å². The molecule has 0 atom stereocenters. The number of hydrogen-bond acceptors (Lipinski definition) is 5. The van der Waals surface area contributed by atoms with E-state index in [1.54, 1.807) is 0 Å². The molecule has 56 heavy (non-hydrogen) atoms. The fraction of sp³-hybridized carbons (Fsp3) is 0. The number of aromatic nitrogens is 3. The van der Waals surface area contributed by atoms with E-state index in [2.05, 4.69) is 140 Å². The van der Waals surface area contributed by atoms with Crippen molar-refractivity contribution in [3.8, 4) is 67.5 Å². The fourth-order valence-corrected chi connectivity index (χ4v) is 8.87. The zero-order valence-corrected chi connectivity index (χ0v) is 30.9. The quantitative estimate of drug-likeness (QED) is 0.171. The second-order valence-corrected chi connectivity index (χ2v) is 15.1. The third kappa shape index (κ3) is 5.65. The Morgan fingerprint density at radius 3 is 1.59 bits per heavy atom. The first-order chi connectivity index (χ1) is 27.7. The molecule has 8 aromatic carbocycles. The van der Waals surface area contributed by atoms with Gasteiger partial charge in [0.05, 0.1) is 0 Å². The summed E-state index contributed by atoms with van der Waals surface area (Å²) < 4.78 is 9.12. The van der Waals surface area contributed by atoms with Gasteiger partial charge in [-0.2, -0.15) is 0 Å². The van der Waals surface area contributed by atoms with Crippen molar-refractivity contribution >= 4 is 53.4 Å². The second kappa shape index (κ2) is 13.3. The van der Waals surface area contributed by atoms with Gasteiger partial charge in [0.1, 0.15) is 11.2 Å². The lowest BCUT2D eigenvalue weighted by molar-refractivity contribution is 0.669. The molecule has 4 nitrogen and oxygen atoms in total. The molecule has 0 fully saturated rings. The molecule has 0 spiro atoms. The summed E-state index contributed by atoms with van der Waals surface area (Å²) in [6.07, 6.45) is 0. The highest BCUT2D eigenvalue weighted by molar-refractivity contribution is 7.25. The maximum absolute atomic E-state index is 6.59. The molecule has 0 amide bonds. The van der Waals surface area contributed by atoms with Gasteiger partial charge in [0.15, 0.2) is 17.5 Å². The lowest BCUT2D eigenvalue weighted by Gasteiger charge is -2.11. The van der Waals surface area contributed by atoms with E-state index < -0.39 is 0 Å². The molecule has 0 unspecified atom stereocenters. The number of benzene rings is 8. The minimum atomic E-state index is 0.592. The highest BCUT2D eigenvalue weighted by Crippen LogP contribution is 2.42. The Bertz CT molecular complexity index is 3230. The first-order valence-electron chi connectivity index (χ1n) is 18.7. The van der Waals surface area contributed by atoms with Crippen LogP contribution in [0.2, 0.25) is 0 Å². The van der Waals surface area contributed by atoms with Crippen LogP contribution in [-0.2, 0) is 0 Å². The molecule has 5 heteroatoms. The van der Waals surface area contributed by atoms with Crippen LogP contribution in [0.3, 0.4) is 0 Å². The average molecular weight is 734 g/mol. The van der Waals surface area contributed by atoms with Crippen LogP contribution in [0.15, 0.2) is 192 Å². The monoisotopic (exact) mass is 733 g/mol. The SMILES string of the molecule is c1ccc(-c2ccc(-c3nc(-c4ccccc4)nc(-c4cc(-c5ccc6sc7cc(-c8ccccc8)ccc7c6c5)cc5oc6ccccc6c45)n3)cc2)cc1. The molecule has 3 heterocycles. The van der Waals surface area contributed by atoms with Gasteiger partial charge in [-0.1, -0.05) is 152 Å². The fourth-order valence-electron chi connectivity index (χ4n) is 7.75. The topological polar surface area (TPSA) is 51.8 Å². The highest BCUT2D eigenvalue weighted by Gasteiger charge is 2.20. The summed E-state index contributed by atoms with van der Waals surface area (Å²) in [5.74, 6) is 1.82. The van der Waals surface area contributed by atoms with Gasteiger partial charge in [-0.15, -0.1) is 11.3 Å². The highest BCUT2D eigenvalue weighted by atomic mass is 32.1. The molecule has 0 saturated heterocycles. The van der Waals surface area contributed by atoms with Crippen LogP contribution in [0, 0.1) is 0 Å². The van der Waals surface area contributed by atoms with Gasteiger partial charge in [-0.3, -0.25) is 0 Å². The number of furan rings is 1. The average Bonchev–Trinajstić information content (AvgIpc) is 3.84. The number of thiophene rings is 1. The molecule has 0 radical (unpaired) electrons. The van der Waals surface area contributed by atoms with Gasteiger partial charge in [0, 0.05) is 47.6 Å².